The average Bonchev–Trinajstić information content (AvgIpc) is 2.26. The molecule has 0 unspecified atom stereocenters. The van der Waals surface area contributed by atoms with Gasteiger partial charge in [-0.2, -0.15) is 0 Å². The molecule has 5 nitrogen and oxygen atoms in total. The molecule has 1 aliphatic rings. The van der Waals surface area contributed by atoms with Crippen molar-refractivity contribution in [2.75, 3.05) is 27.2 Å². The van der Waals surface area contributed by atoms with Crippen molar-refractivity contribution in [2.24, 2.45) is 0 Å². The van der Waals surface area contributed by atoms with E-state index in [1.165, 1.54) is 7.11 Å². The van der Waals surface area contributed by atoms with Crippen LogP contribution in [0.3, 0.4) is 0 Å². The van der Waals surface area contributed by atoms with Crippen molar-refractivity contribution in [3.63, 3.8) is 0 Å². The Balaban J connectivity index is 1.95. The van der Waals surface area contributed by atoms with Crippen molar-refractivity contribution in [1.82, 2.24) is 15.2 Å². The third-order valence-electron chi connectivity index (χ3n) is 3.04. The standard InChI is InChI=1S/C12H17N3O2/c1-15(11-6-13-7-11)8-10-4-3-9(5-14-10)12(16)17-2/h3-5,11,13H,6-8H2,1-2H3. The van der Waals surface area contributed by atoms with Gasteiger partial charge in [0.05, 0.1) is 18.4 Å². The fourth-order valence-corrected chi connectivity index (χ4v) is 1.73. The second kappa shape index (κ2) is 5.25. The molecule has 1 aromatic heterocycles. The van der Waals surface area contributed by atoms with E-state index in [0.29, 0.717) is 11.6 Å². The van der Waals surface area contributed by atoms with Gasteiger partial charge in [-0.1, -0.05) is 0 Å². The molecule has 0 atom stereocenters. The Morgan fingerprint density at radius 3 is 2.82 bits per heavy atom. The molecule has 0 amide bonds. The van der Waals surface area contributed by atoms with Gasteiger partial charge in [0.15, 0.2) is 0 Å². The summed E-state index contributed by atoms with van der Waals surface area (Å²) in [5.74, 6) is -0.347. The van der Waals surface area contributed by atoms with Gasteiger partial charge in [0.25, 0.3) is 0 Å². The summed E-state index contributed by atoms with van der Waals surface area (Å²) in [4.78, 5) is 17.8. The molecule has 0 aliphatic carbocycles. The Bertz CT molecular complexity index is 387. The van der Waals surface area contributed by atoms with E-state index in [1.54, 1.807) is 12.3 Å². The van der Waals surface area contributed by atoms with Crippen LogP contribution in [-0.2, 0) is 11.3 Å². The first-order valence-corrected chi connectivity index (χ1v) is 5.65. The Labute approximate surface area is 101 Å². The first kappa shape index (κ1) is 12.0. The predicted molar refractivity (Wildman–Crippen MR) is 63.7 cm³/mol. The molecule has 1 fully saturated rings. The summed E-state index contributed by atoms with van der Waals surface area (Å²) in [5.41, 5.74) is 1.45. The molecular weight excluding hydrogens is 218 g/mol. The number of hydrogen-bond donors (Lipinski definition) is 1. The van der Waals surface area contributed by atoms with E-state index in [9.17, 15) is 4.79 Å². The van der Waals surface area contributed by atoms with Crippen molar-refractivity contribution in [3.8, 4) is 0 Å². The summed E-state index contributed by atoms with van der Waals surface area (Å²) in [6.45, 7) is 2.88. The normalized spacial score (nSPS) is 15.7. The van der Waals surface area contributed by atoms with E-state index in [0.717, 1.165) is 25.3 Å². The largest absolute Gasteiger partial charge is 0.465 e. The van der Waals surface area contributed by atoms with Crippen molar-refractivity contribution in [2.45, 2.75) is 12.6 Å². The fraction of sp³-hybridized carbons (Fsp3) is 0.500. The number of nitrogens with one attached hydrogen (secondary N) is 1. The number of carbonyl (C=O) groups excluding carboxylic acids is 1. The summed E-state index contributed by atoms with van der Waals surface area (Å²) < 4.78 is 4.62. The van der Waals surface area contributed by atoms with Gasteiger partial charge in [-0.25, -0.2) is 4.79 Å². The lowest BCUT2D eigenvalue weighted by molar-refractivity contribution is 0.0600. The lowest BCUT2D eigenvalue weighted by Crippen LogP contribution is -2.55. The number of rotatable bonds is 4. The fourth-order valence-electron chi connectivity index (χ4n) is 1.73. The molecule has 0 bridgehead atoms. The molecule has 2 rings (SSSR count). The lowest BCUT2D eigenvalue weighted by Gasteiger charge is -2.35. The van der Waals surface area contributed by atoms with E-state index in [1.807, 2.05) is 6.07 Å². The zero-order valence-corrected chi connectivity index (χ0v) is 10.1. The monoisotopic (exact) mass is 235 g/mol. The summed E-state index contributed by atoms with van der Waals surface area (Å²) in [6, 6.07) is 4.22. The van der Waals surface area contributed by atoms with Crippen LogP contribution in [0.4, 0.5) is 0 Å². The zero-order valence-electron chi connectivity index (χ0n) is 10.1. The number of carbonyl (C=O) groups is 1. The lowest BCUT2D eigenvalue weighted by atomic mass is 10.1. The van der Waals surface area contributed by atoms with E-state index in [-0.39, 0.29) is 5.97 Å². The topological polar surface area (TPSA) is 54.5 Å². The number of hydrogen-bond acceptors (Lipinski definition) is 5. The van der Waals surface area contributed by atoms with Gasteiger partial charge in [0.1, 0.15) is 0 Å². The third-order valence-corrected chi connectivity index (χ3v) is 3.04. The Morgan fingerprint density at radius 2 is 2.35 bits per heavy atom. The molecular formula is C12H17N3O2. The quantitative estimate of drug-likeness (QED) is 0.759. The highest BCUT2D eigenvalue weighted by atomic mass is 16.5. The van der Waals surface area contributed by atoms with Crippen molar-refractivity contribution in [3.05, 3.63) is 29.6 Å². The Kier molecular flexibility index (Phi) is 3.71. The van der Waals surface area contributed by atoms with Crippen LogP contribution in [0.25, 0.3) is 0 Å². The molecule has 1 aliphatic heterocycles. The maximum atomic E-state index is 11.2. The molecule has 0 radical (unpaired) electrons. The van der Waals surface area contributed by atoms with Crippen molar-refractivity contribution in [1.29, 1.82) is 0 Å². The van der Waals surface area contributed by atoms with Crippen LogP contribution in [0.2, 0.25) is 0 Å². The molecule has 92 valence electrons. The predicted octanol–water partition coefficient (Wildman–Crippen LogP) is 0.272. The summed E-state index contributed by atoms with van der Waals surface area (Å²) in [6.07, 6.45) is 1.56. The number of likely N-dealkylation sites (N-methyl/N-ethyl adjacent to an activating group) is 1. The Hall–Kier alpha value is -1.46. The van der Waals surface area contributed by atoms with Gasteiger partial charge < -0.3 is 10.1 Å². The van der Waals surface area contributed by atoms with Crippen LogP contribution in [-0.4, -0.2) is 49.1 Å². The highest BCUT2D eigenvalue weighted by molar-refractivity contribution is 5.88. The van der Waals surface area contributed by atoms with E-state index in [4.69, 9.17) is 0 Å². The van der Waals surface area contributed by atoms with Crippen LogP contribution < -0.4 is 5.32 Å². The number of nitrogens with zero attached hydrogens (tertiary/aromatic N) is 2. The van der Waals surface area contributed by atoms with Gasteiger partial charge in [-0.3, -0.25) is 9.88 Å². The van der Waals surface area contributed by atoms with E-state index >= 15 is 0 Å². The van der Waals surface area contributed by atoms with Crippen LogP contribution in [0.15, 0.2) is 18.3 Å². The highest BCUT2D eigenvalue weighted by Crippen LogP contribution is 2.08. The highest BCUT2D eigenvalue weighted by Gasteiger charge is 2.21. The molecule has 0 saturated carbocycles. The minimum Gasteiger partial charge on any atom is -0.465 e. The van der Waals surface area contributed by atoms with Gasteiger partial charge in [-0.05, 0) is 19.2 Å². The molecule has 1 N–H and O–H groups in total. The second-order valence-electron chi connectivity index (χ2n) is 4.26. The zero-order chi connectivity index (χ0) is 12.3. The minimum absolute atomic E-state index is 0.347. The number of ether oxygens (including phenoxy) is 1. The molecule has 1 aromatic rings. The molecule has 0 aromatic carbocycles. The van der Waals surface area contributed by atoms with Crippen molar-refractivity contribution < 1.29 is 9.53 Å². The first-order chi connectivity index (χ1) is 8.20. The van der Waals surface area contributed by atoms with Crippen LogP contribution in [0.5, 0.6) is 0 Å². The van der Waals surface area contributed by atoms with Gasteiger partial charge in [0, 0.05) is 31.9 Å². The molecule has 17 heavy (non-hydrogen) atoms. The summed E-state index contributed by atoms with van der Waals surface area (Å²) in [5, 5.41) is 3.24. The molecule has 2 heterocycles. The molecule has 5 heteroatoms. The Morgan fingerprint density at radius 1 is 1.59 bits per heavy atom. The molecule has 0 spiro atoms. The van der Waals surface area contributed by atoms with E-state index < -0.39 is 0 Å². The van der Waals surface area contributed by atoms with E-state index in [2.05, 4.69) is 27.0 Å². The van der Waals surface area contributed by atoms with Crippen molar-refractivity contribution >= 4 is 5.97 Å². The maximum Gasteiger partial charge on any atom is 0.339 e. The second-order valence-corrected chi connectivity index (χ2v) is 4.26. The SMILES string of the molecule is COC(=O)c1ccc(CN(C)C2CNC2)nc1. The molecule has 1 saturated heterocycles. The van der Waals surface area contributed by atoms with Gasteiger partial charge in [0.2, 0.25) is 0 Å². The third kappa shape index (κ3) is 2.81. The van der Waals surface area contributed by atoms with Gasteiger partial charge in [-0.15, -0.1) is 0 Å². The number of methoxy groups -OCH3 is 1. The minimum atomic E-state index is -0.347. The first-order valence-electron chi connectivity index (χ1n) is 5.65. The smallest absolute Gasteiger partial charge is 0.339 e. The number of aromatic nitrogens is 1. The van der Waals surface area contributed by atoms with Crippen LogP contribution in [0.1, 0.15) is 16.1 Å². The average molecular weight is 235 g/mol. The van der Waals surface area contributed by atoms with Crippen LogP contribution in [0, 0.1) is 0 Å². The summed E-state index contributed by atoms with van der Waals surface area (Å²) in [7, 11) is 3.45. The van der Waals surface area contributed by atoms with Crippen LogP contribution >= 0.6 is 0 Å². The maximum absolute atomic E-state index is 11.2. The van der Waals surface area contributed by atoms with Gasteiger partial charge >= 0.3 is 5.97 Å². The number of pyridine rings is 1. The number of esters is 1. The summed E-state index contributed by atoms with van der Waals surface area (Å²) >= 11 is 0.